The van der Waals surface area contributed by atoms with Crippen molar-refractivity contribution >= 4 is 28.0 Å². The second kappa shape index (κ2) is 11.2. The van der Waals surface area contributed by atoms with Gasteiger partial charge in [-0.15, -0.1) is 0 Å². The van der Waals surface area contributed by atoms with E-state index in [0.717, 1.165) is 30.9 Å². The number of H-pyrrole nitrogens is 1. The minimum Gasteiger partial charge on any atom is -0.593 e. The number of aromatic nitrogens is 2. The van der Waals surface area contributed by atoms with Crippen molar-refractivity contribution in [1.29, 1.82) is 0 Å². The molecule has 0 amide bonds. The van der Waals surface area contributed by atoms with Gasteiger partial charge in [0.2, 0.25) is 0 Å². The number of rotatable bonds is 8. The van der Waals surface area contributed by atoms with Crippen LogP contribution in [0.5, 0.6) is 11.5 Å². The van der Waals surface area contributed by atoms with Crippen molar-refractivity contribution in [3.63, 3.8) is 0 Å². The number of anilines is 1. The van der Waals surface area contributed by atoms with Crippen molar-refractivity contribution in [2.75, 3.05) is 36.8 Å². The third kappa shape index (κ3) is 5.56. The number of halogens is 2. The molecule has 1 aliphatic heterocycles. The van der Waals surface area contributed by atoms with Crippen molar-refractivity contribution in [3.05, 3.63) is 76.3 Å². The highest BCUT2D eigenvalue weighted by Gasteiger charge is 2.20. The molecule has 0 spiro atoms. The lowest BCUT2D eigenvalue weighted by Crippen LogP contribution is -2.35. The number of nitrogens with zero attached hydrogens (tertiary/aromatic N) is 2. The SMILES string of the molecule is CC[S+]([O-])Nc1ccc(Oc2ccc(F)cc2F)c(-c2cn(C)c(=O)c3cc(CN4CCOCC4)[nH]c23)c1. The van der Waals surface area contributed by atoms with Gasteiger partial charge in [-0.25, -0.2) is 13.5 Å². The number of fused-ring (bicyclic) bond motifs is 1. The fraction of sp³-hybridized carbons (Fsp3) is 0.296. The zero-order valence-corrected chi connectivity index (χ0v) is 21.9. The third-order valence-corrected chi connectivity index (χ3v) is 7.38. The molecule has 4 aromatic rings. The van der Waals surface area contributed by atoms with E-state index in [-0.39, 0.29) is 17.1 Å². The fourth-order valence-electron chi connectivity index (χ4n) is 4.46. The molecule has 3 heterocycles. The van der Waals surface area contributed by atoms with Gasteiger partial charge in [-0.2, -0.15) is 0 Å². The number of hydrogen-bond donors (Lipinski definition) is 2. The minimum atomic E-state index is -1.30. The number of pyridine rings is 1. The lowest BCUT2D eigenvalue weighted by atomic mass is 10.0. The van der Waals surface area contributed by atoms with E-state index in [1.165, 1.54) is 10.6 Å². The zero-order chi connectivity index (χ0) is 26.8. The molecule has 38 heavy (non-hydrogen) atoms. The molecule has 2 aromatic heterocycles. The van der Waals surface area contributed by atoms with Gasteiger partial charge in [-0.3, -0.25) is 9.69 Å². The molecule has 0 radical (unpaired) electrons. The van der Waals surface area contributed by atoms with Gasteiger partial charge in [-0.05, 0) is 43.3 Å². The van der Waals surface area contributed by atoms with Gasteiger partial charge in [0.25, 0.3) is 5.56 Å². The molecule has 1 fully saturated rings. The Morgan fingerprint density at radius 3 is 2.61 bits per heavy atom. The number of ether oxygens (including phenoxy) is 2. The average Bonchev–Trinajstić information content (AvgIpc) is 3.33. The smallest absolute Gasteiger partial charge is 0.259 e. The Balaban J connectivity index is 1.63. The summed E-state index contributed by atoms with van der Waals surface area (Å²) in [6.07, 6.45) is 1.68. The number of aromatic amines is 1. The highest BCUT2D eigenvalue weighted by atomic mass is 32.2. The molecule has 1 saturated heterocycles. The van der Waals surface area contributed by atoms with Gasteiger partial charge in [-0.1, -0.05) is 0 Å². The molecule has 1 unspecified atom stereocenters. The van der Waals surface area contributed by atoms with Crippen LogP contribution in [0.25, 0.3) is 22.0 Å². The summed E-state index contributed by atoms with van der Waals surface area (Å²) in [4.78, 5) is 18.7. The molecular formula is C27H28F2N4O4S. The monoisotopic (exact) mass is 542 g/mol. The van der Waals surface area contributed by atoms with Crippen LogP contribution in [0, 0.1) is 11.6 Å². The lowest BCUT2D eigenvalue weighted by molar-refractivity contribution is 0.0337. The Labute approximate surface area is 221 Å². The molecule has 0 aliphatic carbocycles. The molecule has 11 heteroatoms. The van der Waals surface area contributed by atoms with E-state index in [9.17, 15) is 18.1 Å². The van der Waals surface area contributed by atoms with Crippen LogP contribution in [-0.2, 0) is 29.7 Å². The second-order valence-corrected chi connectivity index (χ2v) is 10.5. The van der Waals surface area contributed by atoms with Crippen molar-refractivity contribution in [3.8, 4) is 22.6 Å². The summed E-state index contributed by atoms with van der Waals surface area (Å²) in [5.41, 5.74) is 3.05. The highest BCUT2D eigenvalue weighted by Crippen LogP contribution is 2.39. The quantitative estimate of drug-likeness (QED) is 0.318. The van der Waals surface area contributed by atoms with E-state index in [2.05, 4.69) is 14.6 Å². The van der Waals surface area contributed by atoms with Crippen LogP contribution in [0.1, 0.15) is 12.6 Å². The summed E-state index contributed by atoms with van der Waals surface area (Å²) in [6, 6.07) is 9.98. The van der Waals surface area contributed by atoms with Crippen LogP contribution in [0.15, 0.2) is 53.5 Å². The summed E-state index contributed by atoms with van der Waals surface area (Å²) in [5.74, 6) is -1.02. The summed E-state index contributed by atoms with van der Waals surface area (Å²) >= 11 is -1.30. The predicted octanol–water partition coefficient (Wildman–Crippen LogP) is 4.53. The molecule has 0 bridgehead atoms. The van der Waals surface area contributed by atoms with Crippen molar-refractivity contribution in [2.24, 2.45) is 7.05 Å². The number of aryl methyl sites for hydroxylation is 1. The largest absolute Gasteiger partial charge is 0.593 e. The molecule has 1 atom stereocenters. The van der Waals surface area contributed by atoms with Gasteiger partial charge < -0.3 is 23.6 Å². The Hall–Kier alpha value is -3.38. The summed E-state index contributed by atoms with van der Waals surface area (Å²) in [7, 11) is 1.66. The maximum absolute atomic E-state index is 14.5. The molecule has 2 N–H and O–H groups in total. The van der Waals surface area contributed by atoms with E-state index in [4.69, 9.17) is 9.47 Å². The van der Waals surface area contributed by atoms with E-state index in [1.54, 1.807) is 38.4 Å². The van der Waals surface area contributed by atoms with Gasteiger partial charge >= 0.3 is 0 Å². The van der Waals surface area contributed by atoms with Gasteiger partial charge in [0.05, 0.1) is 41.2 Å². The standard InChI is InChI=1S/C27H28F2N4O4S/c1-3-38(35)31-18-5-7-24(37-25-6-4-17(28)12-23(25)29)20(13-18)22-16-32(2)27(34)21-14-19(30-26(21)22)15-33-8-10-36-11-9-33/h4-7,12-14,16,30-31H,3,8-11,15H2,1-2H3. The Kier molecular flexibility index (Phi) is 7.70. The van der Waals surface area contributed by atoms with Crippen molar-refractivity contribution < 1.29 is 22.8 Å². The third-order valence-electron chi connectivity index (χ3n) is 6.39. The first-order valence-corrected chi connectivity index (χ1v) is 13.6. The van der Waals surface area contributed by atoms with Crippen LogP contribution >= 0.6 is 0 Å². The number of benzene rings is 2. The first-order valence-electron chi connectivity index (χ1n) is 12.3. The summed E-state index contributed by atoms with van der Waals surface area (Å²) in [6.45, 7) is 5.33. The van der Waals surface area contributed by atoms with Crippen LogP contribution in [0.3, 0.4) is 0 Å². The van der Waals surface area contributed by atoms with E-state index >= 15 is 0 Å². The first-order chi connectivity index (χ1) is 18.3. The number of nitrogens with one attached hydrogen (secondary N) is 2. The summed E-state index contributed by atoms with van der Waals surface area (Å²) in [5, 5.41) is 0.502. The first kappa shape index (κ1) is 26.2. The van der Waals surface area contributed by atoms with Gasteiger partial charge in [0, 0.05) is 55.8 Å². The topological polar surface area (TPSA) is 94.6 Å². The molecule has 0 saturated carbocycles. The maximum Gasteiger partial charge on any atom is 0.259 e. The van der Waals surface area contributed by atoms with Crippen molar-refractivity contribution in [2.45, 2.75) is 13.5 Å². The Bertz CT molecular complexity index is 1520. The van der Waals surface area contributed by atoms with Crippen LogP contribution in [0.4, 0.5) is 14.5 Å². The second-order valence-electron chi connectivity index (χ2n) is 9.05. The number of hydrogen-bond acceptors (Lipinski definition) is 6. The van der Waals surface area contributed by atoms with Crippen molar-refractivity contribution in [1.82, 2.24) is 14.5 Å². The molecule has 8 nitrogen and oxygen atoms in total. The van der Waals surface area contributed by atoms with Crippen LogP contribution in [-0.4, -0.2) is 51.1 Å². The lowest BCUT2D eigenvalue weighted by Gasteiger charge is -2.25. The van der Waals surface area contributed by atoms with Crippen LogP contribution < -0.4 is 15.0 Å². The van der Waals surface area contributed by atoms with Gasteiger partial charge in [0.1, 0.15) is 17.3 Å². The highest BCUT2D eigenvalue weighted by molar-refractivity contribution is 7.92. The van der Waals surface area contributed by atoms with Crippen LogP contribution in [0.2, 0.25) is 0 Å². The van der Waals surface area contributed by atoms with Gasteiger partial charge in [0.15, 0.2) is 11.6 Å². The molecule has 2 aromatic carbocycles. The molecule has 200 valence electrons. The Morgan fingerprint density at radius 2 is 1.87 bits per heavy atom. The maximum atomic E-state index is 14.5. The molecule has 5 rings (SSSR count). The predicted molar refractivity (Wildman–Crippen MR) is 144 cm³/mol. The average molecular weight is 543 g/mol. The molecule has 1 aliphatic rings. The van der Waals surface area contributed by atoms with E-state index < -0.39 is 23.0 Å². The molecular weight excluding hydrogens is 514 g/mol. The van der Waals surface area contributed by atoms with E-state index in [1.807, 2.05) is 6.07 Å². The normalized spacial score (nSPS) is 15.1. The number of morpholine rings is 1. The zero-order valence-electron chi connectivity index (χ0n) is 21.1. The van der Waals surface area contributed by atoms with E-state index in [0.29, 0.717) is 53.2 Å². The fourth-order valence-corrected chi connectivity index (χ4v) is 5.00. The Morgan fingerprint density at radius 1 is 1.11 bits per heavy atom. The summed E-state index contributed by atoms with van der Waals surface area (Å²) < 4.78 is 55.9. The minimum absolute atomic E-state index is 0.147.